The van der Waals surface area contributed by atoms with Crippen molar-refractivity contribution >= 4 is 27.9 Å². The van der Waals surface area contributed by atoms with Gasteiger partial charge in [0.25, 0.3) is 0 Å². The van der Waals surface area contributed by atoms with Crippen molar-refractivity contribution in [3.8, 4) is 33.9 Å². The van der Waals surface area contributed by atoms with Gasteiger partial charge in [-0.25, -0.2) is 19.3 Å². The molecule has 1 aromatic carbocycles. The van der Waals surface area contributed by atoms with Gasteiger partial charge in [0.1, 0.15) is 11.5 Å². The van der Waals surface area contributed by atoms with Crippen LogP contribution in [-0.4, -0.2) is 72.2 Å². The Morgan fingerprint density at radius 3 is 2.70 bits per heavy atom. The number of nitrogens with one attached hydrogen (secondary N) is 3. The minimum atomic E-state index is -0.322. The zero-order valence-corrected chi connectivity index (χ0v) is 20.2. The highest BCUT2D eigenvalue weighted by Crippen LogP contribution is 2.32. The van der Waals surface area contributed by atoms with Crippen molar-refractivity contribution in [2.75, 3.05) is 32.5 Å². The molecule has 0 aliphatic rings. The molecule has 184 valence electrons. The zero-order chi connectivity index (χ0) is 25.4. The fraction of sp³-hybridized carbons (Fsp3) is 0.154. The number of rotatable bonds is 7. The van der Waals surface area contributed by atoms with E-state index in [1.807, 2.05) is 32.3 Å². The topological polar surface area (TPSA) is 124 Å². The van der Waals surface area contributed by atoms with Crippen molar-refractivity contribution in [3.63, 3.8) is 0 Å². The fourth-order valence-corrected chi connectivity index (χ4v) is 4.21. The molecule has 37 heavy (non-hydrogen) atoms. The number of H-pyrrole nitrogens is 2. The van der Waals surface area contributed by atoms with E-state index in [1.54, 1.807) is 31.0 Å². The Bertz CT molecular complexity index is 1710. The lowest BCUT2D eigenvalue weighted by molar-refractivity contribution is 0.425. The van der Waals surface area contributed by atoms with Crippen LogP contribution in [-0.2, 0) is 0 Å². The highest BCUT2D eigenvalue weighted by Gasteiger charge is 2.17. The lowest BCUT2D eigenvalue weighted by Gasteiger charge is -2.13. The van der Waals surface area contributed by atoms with E-state index in [9.17, 15) is 4.39 Å². The number of fused-ring (bicyclic) bond motifs is 2. The molecule has 0 fully saturated rings. The number of aromatic nitrogens is 8. The van der Waals surface area contributed by atoms with Crippen molar-refractivity contribution in [3.05, 3.63) is 67.1 Å². The van der Waals surface area contributed by atoms with Crippen LogP contribution in [0.2, 0.25) is 0 Å². The van der Waals surface area contributed by atoms with Crippen LogP contribution in [0.3, 0.4) is 0 Å². The van der Waals surface area contributed by atoms with Gasteiger partial charge in [-0.05, 0) is 50.0 Å². The first kappa shape index (κ1) is 22.7. The van der Waals surface area contributed by atoms with Gasteiger partial charge in [-0.2, -0.15) is 5.10 Å². The van der Waals surface area contributed by atoms with Crippen LogP contribution in [0.4, 0.5) is 10.1 Å². The van der Waals surface area contributed by atoms with Crippen molar-refractivity contribution < 1.29 is 4.39 Å². The molecule has 0 aliphatic heterocycles. The normalized spacial score (nSPS) is 11.6. The van der Waals surface area contributed by atoms with Gasteiger partial charge in [0, 0.05) is 54.7 Å². The van der Waals surface area contributed by atoms with E-state index in [1.165, 1.54) is 12.1 Å². The zero-order valence-electron chi connectivity index (χ0n) is 20.2. The number of anilines is 1. The van der Waals surface area contributed by atoms with E-state index in [4.69, 9.17) is 4.98 Å². The number of imidazole rings is 1. The molecular weight excluding hydrogens is 471 g/mol. The summed E-state index contributed by atoms with van der Waals surface area (Å²) in [6.07, 6.45) is 8.33. The molecule has 0 unspecified atom stereocenters. The molecule has 0 amide bonds. The predicted octanol–water partition coefficient (Wildman–Crippen LogP) is 4.13. The van der Waals surface area contributed by atoms with Crippen LogP contribution in [0.25, 0.3) is 56.1 Å². The largest absolute Gasteiger partial charge is 0.384 e. The summed E-state index contributed by atoms with van der Waals surface area (Å²) in [4.78, 5) is 27.5. The SMILES string of the molecule is CN(C)CCNc1cc(F)cc(-c2ccnc3nc(-c4[nH]nc5ncc(-c6cnccn6)cc45)[nH]c23)c1. The summed E-state index contributed by atoms with van der Waals surface area (Å²) in [5.74, 6) is 0.230. The van der Waals surface area contributed by atoms with E-state index in [0.717, 1.165) is 28.6 Å². The number of nitrogens with zero attached hydrogens (tertiary/aromatic N) is 7. The molecule has 0 aliphatic carbocycles. The molecule has 0 spiro atoms. The van der Waals surface area contributed by atoms with Crippen LogP contribution < -0.4 is 5.32 Å². The molecule has 0 bridgehead atoms. The van der Waals surface area contributed by atoms with E-state index in [2.05, 4.69) is 45.3 Å². The molecule has 0 radical (unpaired) electrons. The maximum atomic E-state index is 14.6. The molecule has 11 heteroatoms. The van der Waals surface area contributed by atoms with Gasteiger partial charge in [0.2, 0.25) is 0 Å². The molecular formula is C26H23FN10. The Hall–Kier alpha value is -4.77. The summed E-state index contributed by atoms with van der Waals surface area (Å²) in [6.45, 7) is 1.54. The molecule has 3 N–H and O–H groups in total. The van der Waals surface area contributed by atoms with Gasteiger partial charge in [-0.15, -0.1) is 0 Å². The molecule has 5 aromatic heterocycles. The third-order valence-corrected chi connectivity index (χ3v) is 5.99. The fourth-order valence-electron chi connectivity index (χ4n) is 4.21. The second-order valence-electron chi connectivity index (χ2n) is 8.89. The van der Waals surface area contributed by atoms with E-state index >= 15 is 0 Å². The Kier molecular flexibility index (Phi) is 5.73. The highest BCUT2D eigenvalue weighted by atomic mass is 19.1. The second kappa shape index (κ2) is 9.36. The lowest BCUT2D eigenvalue weighted by Crippen LogP contribution is -2.20. The van der Waals surface area contributed by atoms with Gasteiger partial charge in [-0.3, -0.25) is 15.1 Å². The van der Waals surface area contributed by atoms with Crippen LogP contribution in [0.15, 0.2) is 61.3 Å². The summed E-state index contributed by atoms with van der Waals surface area (Å²) in [6, 6.07) is 8.73. The average molecular weight is 495 g/mol. The number of benzene rings is 1. The molecule has 6 aromatic rings. The minimum Gasteiger partial charge on any atom is -0.384 e. The summed E-state index contributed by atoms with van der Waals surface area (Å²) < 4.78 is 14.6. The van der Waals surface area contributed by atoms with Crippen LogP contribution in [0.5, 0.6) is 0 Å². The van der Waals surface area contributed by atoms with Crippen molar-refractivity contribution in [2.24, 2.45) is 0 Å². The van der Waals surface area contributed by atoms with Crippen LogP contribution >= 0.6 is 0 Å². The van der Waals surface area contributed by atoms with Gasteiger partial charge in [-0.1, -0.05) is 0 Å². The number of pyridine rings is 2. The summed E-state index contributed by atoms with van der Waals surface area (Å²) >= 11 is 0. The lowest BCUT2D eigenvalue weighted by atomic mass is 10.0. The number of aromatic amines is 2. The van der Waals surface area contributed by atoms with E-state index in [0.29, 0.717) is 46.3 Å². The second-order valence-corrected chi connectivity index (χ2v) is 8.89. The number of halogens is 1. The number of hydrogen-bond donors (Lipinski definition) is 3. The van der Waals surface area contributed by atoms with E-state index in [-0.39, 0.29) is 5.82 Å². The highest BCUT2D eigenvalue weighted by molar-refractivity contribution is 5.96. The van der Waals surface area contributed by atoms with Crippen molar-refractivity contribution in [2.45, 2.75) is 0 Å². The van der Waals surface area contributed by atoms with Gasteiger partial charge in [0.15, 0.2) is 17.1 Å². The third kappa shape index (κ3) is 4.47. The monoisotopic (exact) mass is 494 g/mol. The van der Waals surface area contributed by atoms with Crippen molar-refractivity contribution in [1.29, 1.82) is 0 Å². The first-order chi connectivity index (χ1) is 18.0. The molecule has 0 saturated carbocycles. The van der Waals surface area contributed by atoms with Crippen molar-refractivity contribution in [1.82, 2.24) is 45.0 Å². The number of hydrogen-bond acceptors (Lipinski definition) is 8. The molecule has 6 rings (SSSR count). The summed E-state index contributed by atoms with van der Waals surface area (Å²) in [5, 5.41) is 11.4. The van der Waals surface area contributed by atoms with E-state index < -0.39 is 0 Å². The minimum absolute atomic E-state index is 0.322. The predicted molar refractivity (Wildman–Crippen MR) is 140 cm³/mol. The van der Waals surface area contributed by atoms with Gasteiger partial charge >= 0.3 is 0 Å². The standard InChI is InChI=1S/C26H23FN10/c1-37(2)8-7-29-18-10-15(9-17(27)12-18)19-3-4-31-25-22(19)33-26(34-25)23-20-11-16(13-32-24(20)36-35-23)21-14-28-5-6-30-21/h3-6,9-14,29H,7-8H2,1-2H3,(H,31,33,34)(H,32,35,36). The smallest absolute Gasteiger partial charge is 0.181 e. The Morgan fingerprint density at radius 1 is 0.946 bits per heavy atom. The molecule has 5 heterocycles. The maximum absolute atomic E-state index is 14.6. The Morgan fingerprint density at radius 2 is 1.86 bits per heavy atom. The third-order valence-electron chi connectivity index (χ3n) is 5.99. The van der Waals surface area contributed by atoms with Gasteiger partial charge < -0.3 is 15.2 Å². The summed E-state index contributed by atoms with van der Waals surface area (Å²) in [5.41, 5.74) is 6.17. The van der Waals surface area contributed by atoms with Crippen LogP contribution in [0.1, 0.15) is 0 Å². The Balaban J connectivity index is 1.41. The number of likely N-dealkylation sites (N-methyl/N-ethyl adjacent to an activating group) is 1. The molecule has 0 atom stereocenters. The van der Waals surface area contributed by atoms with Gasteiger partial charge in [0.05, 0.1) is 22.8 Å². The molecule has 0 saturated heterocycles. The maximum Gasteiger partial charge on any atom is 0.181 e. The quantitative estimate of drug-likeness (QED) is 0.303. The van der Waals surface area contributed by atoms with Crippen LogP contribution in [0, 0.1) is 5.82 Å². The first-order valence-electron chi connectivity index (χ1n) is 11.7. The summed E-state index contributed by atoms with van der Waals surface area (Å²) in [7, 11) is 4.00. The Labute approximate surface area is 211 Å². The average Bonchev–Trinajstić information content (AvgIpc) is 3.52. The first-order valence-corrected chi connectivity index (χ1v) is 11.7. The molecule has 10 nitrogen and oxygen atoms in total.